The van der Waals surface area contributed by atoms with Gasteiger partial charge in [0.15, 0.2) is 0 Å². The molecule has 94 valence electrons. The molecule has 0 radical (unpaired) electrons. The van der Waals surface area contributed by atoms with Gasteiger partial charge in [0.1, 0.15) is 5.69 Å². The molecule has 2 heterocycles. The van der Waals surface area contributed by atoms with E-state index < -0.39 is 4.92 Å². The lowest BCUT2D eigenvalue weighted by atomic mass is 10.2. The Labute approximate surface area is 108 Å². The van der Waals surface area contributed by atoms with Crippen LogP contribution in [0.15, 0.2) is 48.9 Å². The number of fused-ring (bicyclic) bond motifs is 1. The average Bonchev–Trinajstić information content (AvgIpc) is 2.81. The second kappa shape index (κ2) is 4.09. The van der Waals surface area contributed by atoms with Gasteiger partial charge in [0.25, 0.3) is 5.69 Å². The van der Waals surface area contributed by atoms with Gasteiger partial charge in [-0.3, -0.25) is 15.1 Å². The maximum absolute atomic E-state index is 11.1. The smallest absolute Gasteiger partial charge is 0.296 e. The van der Waals surface area contributed by atoms with Crippen LogP contribution in [0, 0.1) is 10.1 Å². The molecular weight excluding hydrogens is 244 g/mol. The molecule has 2 aromatic heterocycles. The first kappa shape index (κ1) is 11.2. The van der Waals surface area contributed by atoms with E-state index in [0.29, 0.717) is 11.4 Å². The van der Waals surface area contributed by atoms with Gasteiger partial charge in [-0.1, -0.05) is 0 Å². The number of aromatic nitrogens is 2. The highest BCUT2D eigenvalue weighted by atomic mass is 16.6. The van der Waals surface area contributed by atoms with E-state index in [1.54, 1.807) is 16.8 Å². The Hall–Kier alpha value is -2.89. The fourth-order valence-electron chi connectivity index (χ4n) is 2.09. The molecule has 0 fully saturated rings. The van der Waals surface area contributed by atoms with E-state index in [2.05, 4.69) is 4.98 Å². The molecule has 6 heteroatoms. The van der Waals surface area contributed by atoms with Crippen molar-refractivity contribution in [1.29, 1.82) is 0 Å². The van der Waals surface area contributed by atoms with Gasteiger partial charge in [0.05, 0.1) is 16.6 Å². The number of hydrogen-bond donors (Lipinski definition) is 1. The Morgan fingerprint density at radius 2 is 2.11 bits per heavy atom. The zero-order chi connectivity index (χ0) is 13.4. The van der Waals surface area contributed by atoms with Crippen molar-refractivity contribution in [3.8, 4) is 5.69 Å². The predicted molar refractivity (Wildman–Crippen MR) is 72.1 cm³/mol. The van der Waals surface area contributed by atoms with E-state index >= 15 is 0 Å². The Balaban J connectivity index is 2.28. The minimum absolute atomic E-state index is 0.0179. The summed E-state index contributed by atoms with van der Waals surface area (Å²) in [7, 11) is 0. The van der Waals surface area contributed by atoms with Crippen LogP contribution in [0.4, 0.5) is 11.4 Å². The second-order valence-electron chi connectivity index (χ2n) is 4.13. The highest BCUT2D eigenvalue weighted by molar-refractivity contribution is 5.85. The highest BCUT2D eigenvalue weighted by Gasteiger charge is 2.16. The summed E-state index contributed by atoms with van der Waals surface area (Å²) in [5.74, 6) is 0. The van der Waals surface area contributed by atoms with Crippen molar-refractivity contribution < 1.29 is 4.92 Å². The summed E-state index contributed by atoms with van der Waals surface area (Å²) in [4.78, 5) is 14.6. The summed E-state index contributed by atoms with van der Waals surface area (Å²) in [6.07, 6.45) is 4.66. The molecule has 0 unspecified atom stereocenters. The number of pyridine rings is 1. The molecule has 0 amide bonds. The number of nitrogen functional groups attached to an aromatic ring is 1. The largest absolute Gasteiger partial charge is 0.399 e. The summed E-state index contributed by atoms with van der Waals surface area (Å²) in [6.45, 7) is 0. The van der Waals surface area contributed by atoms with E-state index in [0.717, 1.165) is 10.9 Å². The van der Waals surface area contributed by atoms with Crippen molar-refractivity contribution in [3.63, 3.8) is 0 Å². The third kappa shape index (κ3) is 1.79. The third-order valence-electron chi connectivity index (χ3n) is 2.95. The number of nitro groups is 1. The topological polar surface area (TPSA) is 87.0 Å². The van der Waals surface area contributed by atoms with Crippen LogP contribution in [-0.2, 0) is 0 Å². The summed E-state index contributed by atoms with van der Waals surface area (Å²) in [5, 5.41) is 12.0. The molecule has 0 saturated carbocycles. The zero-order valence-corrected chi connectivity index (χ0v) is 9.85. The molecule has 0 aliphatic heterocycles. The second-order valence-corrected chi connectivity index (χ2v) is 4.13. The fraction of sp³-hybridized carbons (Fsp3) is 0. The Morgan fingerprint density at radius 1 is 1.26 bits per heavy atom. The SMILES string of the molecule is Nc1ccc2c(ccn2-c2cnccc2[N+](=O)[O-])c1. The third-order valence-corrected chi connectivity index (χ3v) is 2.95. The number of rotatable bonds is 2. The van der Waals surface area contributed by atoms with Crippen molar-refractivity contribution in [2.75, 3.05) is 5.73 Å². The molecule has 3 rings (SSSR count). The lowest BCUT2D eigenvalue weighted by Gasteiger charge is -2.05. The van der Waals surface area contributed by atoms with Crippen LogP contribution in [0.2, 0.25) is 0 Å². The molecular formula is C13H10N4O2. The van der Waals surface area contributed by atoms with Gasteiger partial charge in [-0.25, -0.2) is 0 Å². The highest BCUT2D eigenvalue weighted by Crippen LogP contribution is 2.27. The molecule has 2 N–H and O–H groups in total. The molecule has 0 aliphatic rings. The maximum atomic E-state index is 11.1. The summed E-state index contributed by atoms with van der Waals surface area (Å²) < 4.78 is 1.74. The fourth-order valence-corrected chi connectivity index (χ4v) is 2.09. The standard InChI is InChI=1S/C13H10N4O2/c14-10-1-2-11-9(7-10)4-6-16(11)13-8-15-5-3-12(13)17(18)19/h1-8H,14H2. The van der Waals surface area contributed by atoms with Crippen LogP contribution in [0.25, 0.3) is 16.6 Å². The van der Waals surface area contributed by atoms with E-state index in [1.165, 1.54) is 18.5 Å². The quantitative estimate of drug-likeness (QED) is 0.432. The molecule has 0 saturated heterocycles. The number of anilines is 1. The van der Waals surface area contributed by atoms with Crippen LogP contribution in [-0.4, -0.2) is 14.5 Å². The summed E-state index contributed by atoms with van der Waals surface area (Å²) in [6, 6.07) is 8.68. The number of hydrogen-bond acceptors (Lipinski definition) is 4. The molecule has 0 aliphatic carbocycles. The van der Waals surface area contributed by atoms with Crippen molar-refractivity contribution >= 4 is 22.3 Å². The van der Waals surface area contributed by atoms with Crippen LogP contribution < -0.4 is 5.73 Å². The zero-order valence-electron chi connectivity index (χ0n) is 9.85. The van der Waals surface area contributed by atoms with Gasteiger partial charge in [-0.05, 0) is 24.3 Å². The van der Waals surface area contributed by atoms with Crippen molar-refractivity contribution in [2.45, 2.75) is 0 Å². The first-order valence-electron chi connectivity index (χ1n) is 5.62. The molecule has 6 nitrogen and oxygen atoms in total. The van der Waals surface area contributed by atoms with E-state index in [1.807, 2.05) is 18.2 Å². The summed E-state index contributed by atoms with van der Waals surface area (Å²) >= 11 is 0. The Morgan fingerprint density at radius 3 is 2.89 bits per heavy atom. The molecule has 19 heavy (non-hydrogen) atoms. The van der Waals surface area contributed by atoms with Crippen LogP contribution in [0.3, 0.4) is 0 Å². The average molecular weight is 254 g/mol. The van der Waals surface area contributed by atoms with E-state index in [4.69, 9.17) is 5.73 Å². The number of nitrogens with zero attached hydrogens (tertiary/aromatic N) is 3. The van der Waals surface area contributed by atoms with Gasteiger partial charge in [-0.2, -0.15) is 0 Å². The van der Waals surface area contributed by atoms with Crippen molar-refractivity contribution in [2.24, 2.45) is 0 Å². The first-order chi connectivity index (χ1) is 9.16. The Bertz CT molecular complexity index is 779. The van der Waals surface area contributed by atoms with Gasteiger partial charge in [0.2, 0.25) is 0 Å². The monoisotopic (exact) mass is 254 g/mol. The molecule has 3 aromatic rings. The van der Waals surface area contributed by atoms with Crippen molar-refractivity contribution in [3.05, 3.63) is 59.0 Å². The van der Waals surface area contributed by atoms with Crippen LogP contribution >= 0.6 is 0 Å². The van der Waals surface area contributed by atoms with Crippen LogP contribution in [0.1, 0.15) is 0 Å². The lowest BCUT2D eigenvalue weighted by Crippen LogP contribution is -1.99. The molecule has 0 atom stereocenters. The number of benzene rings is 1. The Kier molecular flexibility index (Phi) is 2.42. The lowest BCUT2D eigenvalue weighted by molar-refractivity contribution is -0.384. The van der Waals surface area contributed by atoms with Gasteiger partial charge < -0.3 is 10.3 Å². The first-order valence-corrected chi connectivity index (χ1v) is 5.62. The van der Waals surface area contributed by atoms with E-state index in [9.17, 15) is 10.1 Å². The minimum Gasteiger partial charge on any atom is -0.399 e. The van der Waals surface area contributed by atoms with Gasteiger partial charge in [-0.15, -0.1) is 0 Å². The summed E-state index contributed by atoms with van der Waals surface area (Å²) in [5.41, 5.74) is 7.69. The van der Waals surface area contributed by atoms with Crippen LogP contribution in [0.5, 0.6) is 0 Å². The van der Waals surface area contributed by atoms with E-state index in [-0.39, 0.29) is 5.69 Å². The maximum Gasteiger partial charge on any atom is 0.296 e. The molecule has 0 spiro atoms. The van der Waals surface area contributed by atoms with Crippen molar-refractivity contribution in [1.82, 2.24) is 9.55 Å². The van der Waals surface area contributed by atoms with Gasteiger partial charge >= 0.3 is 0 Å². The molecule has 0 bridgehead atoms. The normalized spacial score (nSPS) is 10.7. The molecule has 1 aromatic carbocycles. The minimum atomic E-state index is -0.417. The predicted octanol–water partition coefficient (Wildman–Crippen LogP) is 2.52. The van der Waals surface area contributed by atoms with Gasteiger partial charge in [0, 0.05) is 29.5 Å². The number of nitrogens with two attached hydrogens (primary N) is 1.